The number of nitrogens with zero attached hydrogens (tertiary/aromatic N) is 4. The molecule has 10 heteroatoms. The minimum Gasteiger partial charge on any atom is -0.497 e. The summed E-state index contributed by atoms with van der Waals surface area (Å²) in [6, 6.07) is 22.9. The normalized spacial score (nSPS) is 16.3. The van der Waals surface area contributed by atoms with Crippen LogP contribution < -0.4 is 19.5 Å². The number of halogens is 1. The first-order valence-electron chi connectivity index (χ1n) is 15.2. The number of fused-ring (bicyclic) bond motifs is 1. The van der Waals surface area contributed by atoms with Crippen LogP contribution in [0.2, 0.25) is 0 Å². The number of methoxy groups -OCH3 is 2. The standard InChI is InChI=1S/C34H41N5O4.ClH/c1-40-28-9-5-26(6-10-28)33-31-12-11-30(41-2)23-32(31)34(37-36-33)35-27-13-15-39(16-14-27)24-25-3-7-29(8-4-25)43-22-19-38-17-20-42-21-18-38;/h3-12,23,27H,13-22,24H2,1-2H3,(H,35,37);1H. The lowest BCUT2D eigenvalue weighted by atomic mass is 10.0. The van der Waals surface area contributed by atoms with E-state index in [2.05, 4.69) is 55.6 Å². The summed E-state index contributed by atoms with van der Waals surface area (Å²) in [5, 5.41) is 15.1. The maximum absolute atomic E-state index is 5.98. The Morgan fingerprint density at radius 3 is 2.16 bits per heavy atom. The molecular weight excluding hydrogens is 578 g/mol. The average molecular weight is 620 g/mol. The molecule has 2 aliphatic rings. The summed E-state index contributed by atoms with van der Waals surface area (Å²) < 4.78 is 22.3. The van der Waals surface area contributed by atoms with Gasteiger partial charge in [-0.05, 0) is 73.0 Å². The third kappa shape index (κ3) is 7.90. The third-order valence-corrected chi connectivity index (χ3v) is 8.39. The van der Waals surface area contributed by atoms with Crippen LogP contribution in [0.4, 0.5) is 5.82 Å². The fraction of sp³-hybridized carbons (Fsp3) is 0.412. The van der Waals surface area contributed by atoms with Crippen molar-refractivity contribution in [2.45, 2.75) is 25.4 Å². The monoisotopic (exact) mass is 619 g/mol. The average Bonchev–Trinajstić information content (AvgIpc) is 3.07. The van der Waals surface area contributed by atoms with Crippen molar-refractivity contribution in [1.82, 2.24) is 20.0 Å². The summed E-state index contributed by atoms with van der Waals surface area (Å²) in [6.45, 7) is 8.25. The highest BCUT2D eigenvalue weighted by atomic mass is 35.5. The number of rotatable bonds is 11. The summed E-state index contributed by atoms with van der Waals surface area (Å²) in [6.07, 6.45) is 2.08. The second kappa shape index (κ2) is 15.4. The first kappa shape index (κ1) is 31.8. The van der Waals surface area contributed by atoms with E-state index in [1.165, 1.54) is 5.56 Å². The molecule has 0 atom stereocenters. The molecule has 2 saturated heterocycles. The van der Waals surface area contributed by atoms with Gasteiger partial charge < -0.3 is 24.3 Å². The zero-order valence-electron chi connectivity index (χ0n) is 25.5. The third-order valence-electron chi connectivity index (χ3n) is 8.39. The van der Waals surface area contributed by atoms with Crippen molar-refractivity contribution < 1.29 is 18.9 Å². The Kier molecular flexibility index (Phi) is 11.1. The number of nitrogens with one attached hydrogen (secondary N) is 1. The molecule has 4 aromatic rings. The van der Waals surface area contributed by atoms with Crippen LogP contribution in [0, 0.1) is 0 Å². The Morgan fingerprint density at radius 1 is 0.773 bits per heavy atom. The van der Waals surface area contributed by atoms with Crippen LogP contribution in [0.1, 0.15) is 18.4 Å². The predicted octanol–water partition coefficient (Wildman–Crippen LogP) is 5.52. The maximum Gasteiger partial charge on any atom is 0.156 e. The summed E-state index contributed by atoms with van der Waals surface area (Å²) in [5.74, 6) is 3.35. The number of hydrogen-bond acceptors (Lipinski definition) is 9. The molecule has 0 amide bonds. The lowest BCUT2D eigenvalue weighted by molar-refractivity contribution is 0.0322. The van der Waals surface area contributed by atoms with Gasteiger partial charge in [0.2, 0.25) is 0 Å². The molecule has 1 N–H and O–H groups in total. The SMILES string of the molecule is COc1ccc(-c2nnc(NC3CCN(Cc4ccc(OCCN5CCOCC5)cc4)CC3)c3cc(OC)ccc23)cc1.Cl. The number of aromatic nitrogens is 2. The molecule has 1 aromatic heterocycles. The highest BCUT2D eigenvalue weighted by Gasteiger charge is 2.21. The predicted molar refractivity (Wildman–Crippen MR) is 176 cm³/mol. The molecule has 0 radical (unpaired) electrons. The van der Waals surface area contributed by atoms with Gasteiger partial charge in [-0.3, -0.25) is 9.80 Å². The Morgan fingerprint density at radius 2 is 1.45 bits per heavy atom. The number of anilines is 1. The van der Waals surface area contributed by atoms with Crippen LogP contribution in [0.25, 0.3) is 22.0 Å². The van der Waals surface area contributed by atoms with Gasteiger partial charge in [0.1, 0.15) is 29.5 Å². The molecule has 44 heavy (non-hydrogen) atoms. The summed E-state index contributed by atoms with van der Waals surface area (Å²) in [5.41, 5.74) is 3.15. The number of benzene rings is 3. The van der Waals surface area contributed by atoms with Crippen LogP contribution in [-0.2, 0) is 11.3 Å². The van der Waals surface area contributed by atoms with Gasteiger partial charge >= 0.3 is 0 Å². The highest BCUT2D eigenvalue weighted by Crippen LogP contribution is 2.34. The summed E-state index contributed by atoms with van der Waals surface area (Å²) in [4.78, 5) is 4.91. The van der Waals surface area contributed by atoms with E-state index in [1.54, 1.807) is 14.2 Å². The van der Waals surface area contributed by atoms with E-state index in [0.717, 1.165) is 110 Å². The van der Waals surface area contributed by atoms with Crippen LogP contribution in [0.3, 0.4) is 0 Å². The molecule has 234 valence electrons. The van der Waals surface area contributed by atoms with Crippen LogP contribution in [0.5, 0.6) is 17.2 Å². The van der Waals surface area contributed by atoms with E-state index in [-0.39, 0.29) is 12.4 Å². The minimum atomic E-state index is 0. The number of likely N-dealkylation sites (tertiary alicyclic amines) is 1. The Balaban J connectivity index is 0.00000384. The van der Waals surface area contributed by atoms with Gasteiger partial charge in [-0.2, -0.15) is 0 Å². The lowest BCUT2D eigenvalue weighted by Gasteiger charge is -2.32. The molecule has 0 unspecified atom stereocenters. The molecular formula is C34H42ClN5O4. The second-order valence-electron chi connectivity index (χ2n) is 11.2. The molecule has 0 bridgehead atoms. The Labute approximate surface area is 265 Å². The second-order valence-corrected chi connectivity index (χ2v) is 11.2. The van der Waals surface area contributed by atoms with E-state index in [1.807, 2.05) is 36.4 Å². The van der Waals surface area contributed by atoms with Gasteiger partial charge in [0, 0.05) is 61.6 Å². The minimum absolute atomic E-state index is 0. The molecule has 2 aliphatic heterocycles. The van der Waals surface area contributed by atoms with E-state index in [4.69, 9.17) is 18.9 Å². The smallest absolute Gasteiger partial charge is 0.156 e. The van der Waals surface area contributed by atoms with Gasteiger partial charge in [-0.1, -0.05) is 12.1 Å². The quantitative estimate of drug-likeness (QED) is 0.233. The number of morpholine rings is 1. The number of ether oxygens (including phenoxy) is 4. The fourth-order valence-electron chi connectivity index (χ4n) is 5.82. The number of piperidine rings is 1. The highest BCUT2D eigenvalue weighted by molar-refractivity contribution is 6.00. The Bertz CT molecular complexity index is 1470. The van der Waals surface area contributed by atoms with Crippen molar-refractivity contribution in [1.29, 1.82) is 0 Å². The van der Waals surface area contributed by atoms with E-state index in [0.29, 0.717) is 12.6 Å². The Hall–Kier alpha value is -3.63. The van der Waals surface area contributed by atoms with Crippen LogP contribution in [-0.4, -0.2) is 92.8 Å². The maximum atomic E-state index is 5.98. The largest absolute Gasteiger partial charge is 0.497 e. The van der Waals surface area contributed by atoms with Crippen molar-refractivity contribution in [3.63, 3.8) is 0 Å². The van der Waals surface area contributed by atoms with E-state index >= 15 is 0 Å². The summed E-state index contributed by atoms with van der Waals surface area (Å²) >= 11 is 0. The van der Waals surface area contributed by atoms with Gasteiger partial charge in [-0.25, -0.2) is 0 Å². The molecule has 0 aliphatic carbocycles. The zero-order valence-corrected chi connectivity index (χ0v) is 26.4. The first-order chi connectivity index (χ1) is 21.2. The summed E-state index contributed by atoms with van der Waals surface area (Å²) in [7, 11) is 3.36. The lowest BCUT2D eigenvalue weighted by Crippen LogP contribution is -2.39. The van der Waals surface area contributed by atoms with Gasteiger partial charge in [0.25, 0.3) is 0 Å². The fourth-order valence-corrected chi connectivity index (χ4v) is 5.82. The van der Waals surface area contributed by atoms with Gasteiger partial charge in [0.15, 0.2) is 5.82 Å². The molecule has 3 aromatic carbocycles. The zero-order chi connectivity index (χ0) is 29.4. The van der Waals surface area contributed by atoms with Crippen LogP contribution >= 0.6 is 12.4 Å². The molecule has 2 fully saturated rings. The molecule has 6 rings (SSSR count). The van der Waals surface area contributed by atoms with Crippen molar-refractivity contribution in [3.05, 3.63) is 72.3 Å². The van der Waals surface area contributed by atoms with Gasteiger partial charge in [-0.15, -0.1) is 22.6 Å². The van der Waals surface area contributed by atoms with E-state index < -0.39 is 0 Å². The van der Waals surface area contributed by atoms with Crippen molar-refractivity contribution in [2.75, 3.05) is 72.1 Å². The van der Waals surface area contributed by atoms with Crippen LogP contribution in [0.15, 0.2) is 66.7 Å². The van der Waals surface area contributed by atoms with Crippen molar-refractivity contribution >= 4 is 29.0 Å². The van der Waals surface area contributed by atoms with Gasteiger partial charge in [0.05, 0.1) is 27.4 Å². The molecule has 0 saturated carbocycles. The molecule has 3 heterocycles. The van der Waals surface area contributed by atoms with E-state index in [9.17, 15) is 0 Å². The molecule has 0 spiro atoms. The number of hydrogen-bond donors (Lipinski definition) is 1. The van der Waals surface area contributed by atoms with Crippen molar-refractivity contribution in [2.24, 2.45) is 0 Å². The first-order valence-corrected chi connectivity index (χ1v) is 15.2. The molecule has 9 nitrogen and oxygen atoms in total. The van der Waals surface area contributed by atoms with Crippen molar-refractivity contribution in [3.8, 4) is 28.5 Å². The topological polar surface area (TPSA) is 81.2 Å².